The summed E-state index contributed by atoms with van der Waals surface area (Å²) in [5.41, 5.74) is 5.65. The van der Waals surface area contributed by atoms with E-state index in [1.54, 1.807) is 0 Å². The molecule has 2 aromatic carbocycles. The third-order valence-corrected chi connectivity index (χ3v) is 6.75. The van der Waals surface area contributed by atoms with Crippen molar-refractivity contribution in [3.63, 3.8) is 0 Å². The van der Waals surface area contributed by atoms with E-state index in [0.717, 1.165) is 48.7 Å². The van der Waals surface area contributed by atoms with Gasteiger partial charge in [-0.25, -0.2) is 4.99 Å². The summed E-state index contributed by atoms with van der Waals surface area (Å²) in [6.45, 7) is 8.65. The lowest BCUT2D eigenvalue weighted by molar-refractivity contribution is 0.239. The number of aliphatic imine (C=N–C) groups is 1. The molecule has 5 rings (SSSR count). The normalized spacial score (nSPS) is 17.2. The number of aromatic nitrogens is 4. The fraction of sp³-hybridized carbons (Fsp3) is 0.357. The number of hydrogen-bond acceptors (Lipinski definition) is 7. The summed E-state index contributed by atoms with van der Waals surface area (Å²) in [6, 6.07) is 17.0. The van der Waals surface area contributed by atoms with Gasteiger partial charge in [0.25, 0.3) is 0 Å². The maximum atomic E-state index is 5.20. The van der Waals surface area contributed by atoms with Crippen LogP contribution in [0.3, 0.4) is 0 Å². The lowest BCUT2D eigenvalue weighted by Gasteiger charge is -2.36. The minimum absolute atomic E-state index is 0.162. The van der Waals surface area contributed by atoms with Crippen LogP contribution in [-0.2, 0) is 6.54 Å². The predicted octanol–water partition coefficient (Wildman–Crippen LogP) is 4.89. The van der Waals surface area contributed by atoms with Gasteiger partial charge in [0.2, 0.25) is 5.82 Å². The summed E-state index contributed by atoms with van der Waals surface area (Å²) >= 11 is 0. The summed E-state index contributed by atoms with van der Waals surface area (Å²) < 4.78 is 0. The van der Waals surface area contributed by atoms with Gasteiger partial charge in [-0.15, -0.1) is 16.8 Å². The second-order valence-electron chi connectivity index (χ2n) is 9.46. The Labute approximate surface area is 213 Å². The summed E-state index contributed by atoms with van der Waals surface area (Å²) in [4.78, 5) is 12.2. The Hall–Kier alpha value is -3.94. The monoisotopic (exact) mass is 482 g/mol. The van der Waals surface area contributed by atoms with Crippen LogP contribution >= 0.6 is 0 Å². The van der Waals surface area contributed by atoms with E-state index in [1.807, 2.05) is 24.3 Å². The van der Waals surface area contributed by atoms with Crippen molar-refractivity contribution in [2.75, 3.05) is 20.3 Å². The largest absolute Gasteiger partial charge is 0.361 e. The number of fused-ring (bicyclic) bond motifs is 1. The van der Waals surface area contributed by atoms with E-state index in [1.165, 1.54) is 30.5 Å². The first-order valence-corrected chi connectivity index (χ1v) is 12.7. The lowest BCUT2D eigenvalue weighted by atomic mass is 9.98. The van der Waals surface area contributed by atoms with Crippen LogP contribution in [0.25, 0.3) is 22.5 Å². The lowest BCUT2D eigenvalue weighted by Crippen LogP contribution is -2.44. The number of amidine groups is 1. The van der Waals surface area contributed by atoms with Gasteiger partial charge in [0.15, 0.2) is 5.84 Å². The summed E-state index contributed by atoms with van der Waals surface area (Å²) in [6.07, 6.45) is 9.06. The van der Waals surface area contributed by atoms with E-state index < -0.39 is 0 Å². The van der Waals surface area contributed by atoms with Gasteiger partial charge in [-0.05, 0) is 34.7 Å². The van der Waals surface area contributed by atoms with Crippen molar-refractivity contribution < 1.29 is 0 Å². The average Bonchev–Trinajstić information content (AvgIpc) is 3.54. The number of nitrogens with one attached hydrogen (secondary N) is 1. The van der Waals surface area contributed by atoms with Crippen LogP contribution in [0.4, 0.5) is 0 Å². The highest BCUT2D eigenvalue weighted by atomic mass is 15.5. The molecule has 0 fully saturated rings. The van der Waals surface area contributed by atoms with Crippen LogP contribution in [0.5, 0.6) is 0 Å². The van der Waals surface area contributed by atoms with Gasteiger partial charge >= 0.3 is 0 Å². The molecule has 0 saturated carbocycles. The Kier molecular flexibility index (Phi) is 7.11. The number of hydrogen-bond donors (Lipinski definition) is 1. The molecule has 2 aliphatic heterocycles. The zero-order chi connectivity index (χ0) is 24.9. The highest BCUT2D eigenvalue weighted by Crippen LogP contribution is 2.33. The van der Waals surface area contributed by atoms with Crippen molar-refractivity contribution in [2.45, 2.75) is 45.3 Å². The molecular formula is C28H34N8. The number of H-pyrrole nitrogens is 1. The Balaban J connectivity index is 1.39. The van der Waals surface area contributed by atoms with Gasteiger partial charge in [0.05, 0.1) is 12.4 Å². The van der Waals surface area contributed by atoms with Crippen molar-refractivity contribution in [3.8, 4) is 22.5 Å². The molecule has 0 aliphatic carbocycles. The molecule has 1 aromatic heterocycles. The van der Waals surface area contributed by atoms with Crippen LogP contribution < -0.4 is 0 Å². The van der Waals surface area contributed by atoms with E-state index in [9.17, 15) is 0 Å². The van der Waals surface area contributed by atoms with Gasteiger partial charge in [0.1, 0.15) is 6.17 Å². The van der Waals surface area contributed by atoms with Crippen molar-refractivity contribution >= 4 is 5.84 Å². The summed E-state index contributed by atoms with van der Waals surface area (Å²) in [5.74, 6) is 1.70. The molecule has 36 heavy (non-hydrogen) atoms. The van der Waals surface area contributed by atoms with Crippen molar-refractivity contribution in [3.05, 3.63) is 78.6 Å². The molecule has 1 atom stereocenters. The van der Waals surface area contributed by atoms with E-state index >= 15 is 0 Å². The number of benzene rings is 2. The number of nitrogens with zero attached hydrogens (tertiary/aromatic N) is 7. The second-order valence-corrected chi connectivity index (χ2v) is 9.46. The highest BCUT2D eigenvalue weighted by molar-refractivity contribution is 6.00. The Morgan fingerprint density at radius 3 is 2.61 bits per heavy atom. The fourth-order valence-corrected chi connectivity index (χ4v) is 5.01. The van der Waals surface area contributed by atoms with Gasteiger partial charge in [-0.1, -0.05) is 74.4 Å². The summed E-state index contributed by atoms with van der Waals surface area (Å²) in [7, 11) is 2.12. The molecule has 3 heterocycles. The number of rotatable bonds is 10. The first-order valence-electron chi connectivity index (χ1n) is 12.7. The van der Waals surface area contributed by atoms with Crippen LogP contribution in [0.15, 0.2) is 78.1 Å². The highest BCUT2D eigenvalue weighted by Gasteiger charge is 2.35. The molecule has 3 aromatic rings. The van der Waals surface area contributed by atoms with E-state index in [4.69, 9.17) is 4.99 Å². The van der Waals surface area contributed by atoms with Gasteiger partial charge < -0.3 is 14.7 Å². The van der Waals surface area contributed by atoms with E-state index in [0.29, 0.717) is 5.82 Å². The maximum absolute atomic E-state index is 5.20. The Morgan fingerprint density at radius 2 is 1.89 bits per heavy atom. The predicted molar refractivity (Wildman–Crippen MR) is 144 cm³/mol. The van der Waals surface area contributed by atoms with E-state index in [2.05, 4.69) is 92.4 Å². The minimum Gasteiger partial charge on any atom is -0.361 e. The molecule has 2 aliphatic rings. The Bertz CT molecular complexity index is 1230. The van der Waals surface area contributed by atoms with Gasteiger partial charge in [-0.2, -0.15) is 5.21 Å². The van der Waals surface area contributed by atoms with Gasteiger partial charge in [-0.3, -0.25) is 0 Å². The Morgan fingerprint density at radius 1 is 1.08 bits per heavy atom. The zero-order valence-electron chi connectivity index (χ0n) is 21.1. The first-order chi connectivity index (χ1) is 17.7. The van der Waals surface area contributed by atoms with Crippen molar-refractivity contribution in [1.82, 2.24) is 35.3 Å². The summed E-state index contributed by atoms with van der Waals surface area (Å²) in [5, 5.41) is 14.6. The maximum Gasteiger partial charge on any atom is 0.205 e. The van der Waals surface area contributed by atoms with Crippen molar-refractivity contribution in [1.29, 1.82) is 0 Å². The van der Waals surface area contributed by atoms with Crippen molar-refractivity contribution in [2.24, 2.45) is 4.99 Å². The topological polar surface area (TPSA) is 76.5 Å². The average molecular weight is 483 g/mol. The van der Waals surface area contributed by atoms with Crippen LogP contribution in [0.2, 0.25) is 0 Å². The van der Waals surface area contributed by atoms with Crippen LogP contribution in [0.1, 0.15) is 38.2 Å². The SMILES string of the molecule is C=CCN1CN(C)C=C2C1=NC(CCCCC)N2Cc1ccc(-c2ccccc2-c2nn[nH]n2)cc1. The number of aromatic amines is 1. The quantitative estimate of drug-likeness (QED) is 0.328. The van der Waals surface area contributed by atoms with E-state index in [-0.39, 0.29) is 6.17 Å². The van der Waals surface area contributed by atoms with Crippen LogP contribution in [-0.4, -0.2) is 67.6 Å². The third-order valence-electron chi connectivity index (χ3n) is 6.75. The molecule has 8 nitrogen and oxygen atoms in total. The molecule has 0 radical (unpaired) electrons. The molecule has 1 unspecified atom stereocenters. The third kappa shape index (κ3) is 4.89. The molecule has 186 valence electrons. The molecular weight excluding hydrogens is 448 g/mol. The molecule has 0 saturated heterocycles. The minimum atomic E-state index is 0.162. The number of unbranched alkanes of at least 4 members (excludes halogenated alkanes) is 2. The molecule has 8 heteroatoms. The number of tetrazole rings is 1. The molecule has 1 N–H and O–H groups in total. The molecule has 0 bridgehead atoms. The standard InChI is InChI=1S/C28H34N8/c1-4-6-7-12-26-29-28-25(19-34(3)20-35(28)17-5-2)36(26)18-21-13-15-22(16-14-21)23-10-8-9-11-24(23)27-30-32-33-31-27/h5,8-11,13-16,19,26H,2,4,6-7,12,17-18,20H2,1,3H3,(H,30,31,32,33). The van der Waals surface area contributed by atoms with Crippen LogP contribution in [0, 0.1) is 0 Å². The zero-order valence-corrected chi connectivity index (χ0v) is 21.1. The fourth-order valence-electron chi connectivity index (χ4n) is 5.01. The van der Waals surface area contributed by atoms with Gasteiger partial charge in [0, 0.05) is 31.9 Å². The second kappa shape index (κ2) is 10.8. The smallest absolute Gasteiger partial charge is 0.205 e. The first kappa shape index (κ1) is 23.8. The molecule has 0 amide bonds. The molecule has 0 spiro atoms.